The number of rotatable bonds is 8. The fourth-order valence-corrected chi connectivity index (χ4v) is 6.02. The van der Waals surface area contributed by atoms with Crippen molar-refractivity contribution in [1.29, 1.82) is 0 Å². The third-order valence-corrected chi connectivity index (χ3v) is 7.86. The van der Waals surface area contributed by atoms with Crippen LogP contribution in [0.15, 0.2) is 41.3 Å². The summed E-state index contributed by atoms with van der Waals surface area (Å²) in [4.78, 5) is 23.9. The van der Waals surface area contributed by atoms with Crippen molar-refractivity contribution in [3.8, 4) is 0 Å². The lowest BCUT2D eigenvalue weighted by atomic mass is 9.77. The second-order valence-electron chi connectivity index (χ2n) is 7.78. The number of hydrogen-bond acceptors (Lipinski definition) is 6. The van der Waals surface area contributed by atoms with Gasteiger partial charge in [0, 0.05) is 23.9 Å². The molecule has 33 heavy (non-hydrogen) atoms. The lowest BCUT2D eigenvalue weighted by molar-refractivity contribution is -0.130. The van der Waals surface area contributed by atoms with Crippen molar-refractivity contribution in [2.24, 2.45) is 0 Å². The molecule has 0 bridgehead atoms. The van der Waals surface area contributed by atoms with Crippen LogP contribution in [0.1, 0.15) is 29.6 Å². The van der Waals surface area contributed by atoms with Crippen LogP contribution in [0.4, 0.5) is 14.5 Å². The Morgan fingerprint density at radius 2 is 1.82 bits per heavy atom. The number of amides is 2. The first kappa shape index (κ1) is 25.0. The molecule has 0 spiro atoms. The SMILES string of the molecule is O=C(CC1(O)CC(S(=O)(=O)c2cc(C(=O)Nc3ccc(F)c(F)c3)ccc2Cl)C1)NCCO. The summed E-state index contributed by atoms with van der Waals surface area (Å²) in [5.74, 6) is -3.52. The summed E-state index contributed by atoms with van der Waals surface area (Å²) in [5, 5.41) is 22.7. The molecule has 0 saturated heterocycles. The van der Waals surface area contributed by atoms with E-state index >= 15 is 0 Å². The fraction of sp³-hybridized carbons (Fsp3) is 0.333. The van der Waals surface area contributed by atoms with E-state index in [-0.39, 0.29) is 53.6 Å². The molecule has 1 aliphatic carbocycles. The summed E-state index contributed by atoms with van der Waals surface area (Å²) in [5.41, 5.74) is -1.62. The van der Waals surface area contributed by atoms with Crippen LogP contribution in [0, 0.1) is 11.6 Å². The highest BCUT2D eigenvalue weighted by Gasteiger charge is 2.50. The van der Waals surface area contributed by atoms with E-state index < -0.39 is 44.1 Å². The summed E-state index contributed by atoms with van der Waals surface area (Å²) in [6.45, 7) is -0.245. The first-order valence-electron chi connectivity index (χ1n) is 9.85. The molecule has 3 rings (SSSR count). The monoisotopic (exact) mass is 502 g/mol. The highest BCUT2D eigenvalue weighted by atomic mass is 35.5. The van der Waals surface area contributed by atoms with Crippen LogP contribution in [-0.2, 0) is 14.6 Å². The maximum absolute atomic E-state index is 13.4. The lowest BCUT2D eigenvalue weighted by Crippen LogP contribution is -2.53. The molecule has 1 saturated carbocycles. The van der Waals surface area contributed by atoms with Crippen molar-refractivity contribution >= 4 is 38.9 Å². The molecule has 0 heterocycles. The molecule has 4 N–H and O–H groups in total. The predicted molar refractivity (Wildman–Crippen MR) is 116 cm³/mol. The third-order valence-electron chi connectivity index (χ3n) is 5.26. The third kappa shape index (κ3) is 5.67. The van der Waals surface area contributed by atoms with Crippen LogP contribution in [0.3, 0.4) is 0 Å². The van der Waals surface area contributed by atoms with E-state index in [1.54, 1.807) is 0 Å². The molecule has 0 aliphatic heterocycles. The molecular weight excluding hydrogens is 482 g/mol. The summed E-state index contributed by atoms with van der Waals surface area (Å²) in [6, 6.07) is 6.34. The Bertz CT molecular complexity index is 1190. The van der Waals surface area contributed by atoms with Gasteiger partial charge in [0.25, 0.3) is 5.91 Å². The molecule has 8 nitrogen and oxygen atoms in total. The van der Waals surface area contributed by atoms with E-state index in [4.69, 9.17) is 16.7 Å². The van der Waals surface area contributed by atoms with E-state index in [1.165, 1.54) is 12.1 Å². The number of aliphatic hydroxyl groups is 2. The van der Waals surface area contributed by atoms with E-state index in [9.17, 15) is 31.9 Å². The van der Waals surface area contributed by atoms with Crippen molar-refractivity contribution in [1.82, 2.24) is 5.32 Å². The number of hydrogen-bond donors (Lipinski definition) is 4. The van der Waals surface area contributed by atoms with Crippen molar-refractivity contribution in [3.63, 3.8) is 0 Å². The van der Waals surface area contributed by atoms with Crippen LogP contribution in [0.25, 0.3) is 0 Å². The first-order chi connectivity index (χ1) is 15.4. The second kappa shape index (κ2) is 9.72. The van der Waals surface area contributed by atoms with Crippen LogP contribution >= 0.6 is 11.6 Å². The van der Waals surface area contributed by atoms with Gasteiger partial charge in [-0.1, -0.05) is 11.6 Å². The van der Waals surface area contributed by atoms with Crippen LogP contribution in [-0.4, -0.2) is 54.4 Å². The number of aliphatic hydroxyl groups excluding tert-OH is 1. The maximum atomic E-state index is 13.4. The zero-order chi connectivity index (χ0) is 24.4. The van der Waals surface area contributed by atoms with Gasteiger partial charge in [-0.3, -0.25) is 9.59 Å². The minimum atomic E-state index is -4.05. The minimum Gasteiger partial charge on any atom is -0.395 e. The number of nitrogens with one attached hydrogen (secondary N) is 2. The average molecular weight is 503 g/mol. The molecule has 1 fully saturated rings. The topological polar surface area (TPSA) is 133 Å². The van der Waals surface area contributed by atoms with Gasteiger partial charge >= 0.3 is 0 Å². The Morgan fingerprint density at radius 3 is 2.45 bits per heavy atom. The second-order valence-corrected chi connectivity index (χ2v) is 10.4. The highest BCUT2D eigenvalue weighted by molar-refractivity contribution is 7.92. The Hall–Kier alpha value is -2.60. The molecule has 0 atom stereocenters. The zero-order valence-corrected chi connectivity index (χ0v) is 18.7. The predicted octanol–water partition coefficient (Wildman–Crippen LogP) is 2.04. The van der Waals surface area contributed by atoms with Gasteiger partial charge < -0.3 is 20.8 Å². The summed E-state index contributed by atoms with van der Waals surface area (Å²) < 4.78 is 52.5. The average Bonchev–Trinajstić information content (AvgIpc) is 2.73. The van der Waals surface area contributed by atoms with Gasteiger partial charge in [-0.05, 0) is 43.2 Å². The van der Waals surface area contributed by atoms with Crippen molar-refractivity contribution in [2.45, 2.75) is 35.0 Å². The van der Waals surface area contributed by atoms with Gasteiger partial charge in [0.15, 0.2) is 21.5 Å². The Kier molecular flexibility index (Phi) is 7.37. The molecule has 0 aromatic heterocycles. The zero-order valence-electron chi connectivity index (χ0n) is 17.1. The van der Waals surface area contributed by atoms with Crippen LogP contribution in [0.5, 0.6) is 0 Å². The van der Waals surface area contributed by atoms with Gasteiger partial charge in [0.1, 0.15) is 0 Å². The molecule has 1 aliphatic rings. The molecule has 0 unspecified atom stereocenters. The highest BCUT2D eigenvalue weighted by Crippen LogP contribution is 2.43. The van der Waals surface area contributed by atoms with Gasteiger partial charge in [0.05, 0.1) is 33.8 Å². The molecule has 2 amide bonds. The summed E-state index contributed by atoms with van der Waals surface area (Å²) >= 11 is 6.07. The maximum Gasteiger partial charge on any atom is 0.255 e. The van der Waals surface area contributed by atoms with Crippen LogP contribution in [0.2, 0.25) is 5.02 Å². The normalized spacial score (nSPS) is 20.1. The Morgan fingerprint density at radius 1 is 1.12 bits per heavy atom. The molecule has 0 radical (unpaired) electrons. The standard InChI is InChI=1S/C21H21ClF2N2O6S/c22-15-3-1-12(20(29)26-13-2-4-16(23)17(24)8-13)7-18(15)33(31,32)14-9-21(30,10-14)11-19(28)25-5-6-27/h1-4,7-8,14,27,30H,5-6,9-11H2,(H,25,28)(H,26,29). The van der Waals surface area contributed by atoms with E-state index in [2.05, 4.69) is 10.6 Å². The number of sulfone groups is 1. The lowest BCUT2D eigenvalue weighted by Gasteiger charge is -2.42. The first-order valence-corrected chi connectivity index (χ1v) is 11.8. The molecular formula is C21H21ClF2N2O6S. The smallest absolute Gasteiger partial charge is 0.255 e. The summed E-state index contributed by atoms with van der Waals surface area (Å²) in [6.07, 6.45) is -0.726. The molecule has 2 aromatic carbocycles. The Balaban J connectivity index is 1.74. The summed E-state index contributed by atoms with van der Waals surface area (Å²) in [7, 11) is -4.05. The number of anilines is 1. The molecule has 12 heteroatoms. The van der Waals surface area contributed by atoms with Crippen molar-refractivity contribution in [3.05, 3.63) is 58.6 Å². The van der Waals surface area contributed by atoms with Crippen molar-refractivity contribution < 1.29 is 37.0 Å². The molecule has 178 valence electrons. The quantitative estimate of drug-likeness (QED) is 0.436. The number of carbonyl (C=O) groups is 2. The largest absolute Gasteiger partial charge is 0.395 e. The van der Waals surface area contributed by atoms with Gasteiger partial charge in [-0.15, -0.1) is 0 Å². The number of carbonyl (C=O) groups excluding carboxylic acids is 2. The van der Waals surface area contributed by atoms with E-state index in [0.717, 1.165) is 24.3 Å². The van der Waals surface area contributed by atoms with Gasteiger partial charge in [0.2, 0.25) is 5.91 Å². The number of halogens is 3. The van der Waals surface area contributed by atoms with E-state index in [0.29, 0.717) is 0 Å². The fourth-order valence-electron chi connectivity index (χ4n) is 3.53. The molecule has 2 aromatic rings. The Labute approximate surface area is 193 Å². The van der Waals surface area contributed by atoms with Gasteiger partial charge in [-0.2, -0.15) is 0 Å². The van der Waals surface area contributed by atoms with Crippen LogP contribution < -0.4 is 10.6 Å². The number of benzene rings is 2. The van der Waals surface area contributed by atoms with E-state index in [1.807, 2.05) is 0 Å². The van der Waals surface area contributed by atoms with Gasteiger partial charge in [-0.25, -0.2) is 17.2 Å². The van der Waals surface area contributed by atoms with Crippen molar-refractivity contribution in [2.75, 3.05) is 18.5 Å². The minimum absolute atomic E-state index is 0.0195.